The van der Waals surface area contributed by atoms with Crippen LogP contribution in [0.25, 0.3) is 0 Å². The van der Waals surface area contributed by atoms with Gasteiger partial charge < -0.3 is 4.84 Å². The first kappa shape index (κ1) is 16.8. The van der Waals surface area contributed by atoms with E-state index in [0.29, 0.717) is 4.88 Å². The molecule has 0 saturated carbocycles. The van der Waals surface area contributed by atoms with Crippen molar-refractivity contribution in [1.29, 1.82) is 0 Å². The topological polar surface area (TPSA) is 51.6 Å². The first-order valence-corrected chi connectivity index (χ1v) is 7.76. The average Bonchev–Trinajstić information content (AvgIpc) is 2.83. The summed E-state index contributed by atoms with van der Waals surface area (Å²) in [5, 5.41) is 3.69. The Balaban J connectivity index is 2.56. The van der Waals surface area contributed by atoms with E-state index >= 15 is 0 Å². The summed E-state index contributed by atoms with van der Waals surface area (Å²) in [7, 11) is -1.62. The maximum Gasteiger partial charge on any atom is 0.301 e. The third kappa shape index (κ3) is 5.83. The van der Waals surface area contributed by atoms with E-state index in [4.69, 9.17) is 4.84 Å². The van der Waals surface area contributed by atoms with Crippen LogP contribution in [0.3, 0.4) is 0 Å². The van der Waals surface area contributed by atoms with E-state index in [2.05, 4.69) is 10.1 Å². The molecule has 20 heavy (non-hydrogen) atoms. The standard InChI is InChI=1S/C11H13F3N2O2S2/c1-7(2)18-16-6-8-5-15-11(19-8)20(17)4-3-9(12)10(13)14/h5-7H,3-4H2,1-2H3. The van der Waals surface area contributed by atoms with Gasteiger partial charge in [0.1, 0.15) is 6.10 Å². The SMILES string of the molecule is CC(C)ON=Cc1cnc(S(=O)CCC(F)=C(F)F)s1. The van der Waals surface area contributed by atoms with Crippen LogP contribution in [-0.4, -0.2) is 27.3 Å². The quantitative estimate of drug-likeness (QED) is 0.569. The fourth-order valence-corrected chi connectivity index (χ4v) is 3.13. The Labute approximate surface area is 120 Å². The van der Waals surface area contributed by atoms with Gasteiger partial charge in [-0.05, 0) is 13.8 Å². The van der Waals surface area contributed by atoms with Gasteiger partial charge in [0.25, 0.3) is 0 Å². The Hall–Kier alpha value is -1.22. The summed E-state index contributed by atoms with van der Waals surface area (Å²) >= 11 is 1.09. The molecule has 4 nitrogen and oxygen atoms in total. The van der Waals surface area contributed by atoms with E-state index in [1.807, 2.05) is 13.8 Å². The van der Waals surface area contributed by atoms with Crippen molar-refractivity contribution in [3.8, 4) is 0 Å². The summed E-state index contributed by atoms with van der Waals surface area (Å²) in [6.07, 6.45) is -0.153. The van der Waals surface area contributed by atoms with Crippen LogP contribution in [0.4, 0.5) is 13.2 Å². The van der Waals surface area contributed by atoms with Crippen molar-refractivity contribution in [2.45, 2.75) is 30.7 Å². The van der Waals surface area contributed by atoms with Gasteiger partial charge in [-0.15, -0.1) is 11.3 Å². The number of halogens is 3. The molecule has 0 aliphatic carbocycles. The van der Waals surface area contributed by atoms with E-state index in [9.17, 15) is 17.4 Å². The molecule has 9 heteroatoms. The maximum absolute atomic E-state index is 12.6. The van der Waals surface area contributed by atoms with Crippen LogP contribution in [0, 0.1) is 0 Å². The highest BCUT2D eigenvalue weighted by atomic mass is 32.2. The zero-order chi connectivity index (χ0) is 15.1. The fraction of sp³-hybridized carbons (Fsp3) is 0.455. The van der Waals surface area contributed by atoms with Crippen LogP contribution in [0.2, 0.25) is 0 Å². The first-order chi connectivity index (χ1) is 9.40. The minimum absolute atomic E-state index is 0.0573. The minimum atomic E-state index is -2.38. The third-order valence-electron chi connectivity index (χ3n) is 1.86. The highest BCUT2D eigenvalue weighted by Gasteiger charge is 2.12. The lowest BCUT2D eigenvalue weighted by atomic mass is 10.4. The summed E-state index contributed by atoms with van der Waals surface area (Å²) in [5.74, 6) is -1.78. The van der Waals surface area contributed by atoms with Crippen LogP contribution < -0.4 is 0 Å². The molecule has 0 spiro atoms. The van der Waals surface area contributed by atoms with Gasteiger partial charge in [-0.2, -0.15) is 8.78 Å². The Bertz CT molecular complexity index is 525. The zero-order valence-electron chi connectivity index (χ0n) is 10.8. The molecule has 1 rings (SSSR count). The number of thiazole rings is 1. The van der Waals surface area contributed by atoms with Crippen LogP contribution >= 0.6 is 11.3 Å². The highest BCUT2D eigenvalue weighted by molar-refractivity contribution is 7.87. The Morgan fingerprint density at radius 1 is 1.55 bits per heavy atom. The molecule has 1 aromatic heterocycles. The minimum Gasteiger partial charge on any atom is -0.393 e. The predicted molar refractivity (Wildman–Crippen MR) is 72.2 cm³/mol. The third-order valence-corrected chi connectivity index (χ3v) is 4.46. The van der Waals surface area contributed by atoms with Gasteiger partial charge in [0.15, 0.2) is 10.2 Å². The van der Waals surface area contributed by atoms with Gasteiger partial charge in [0, 0.05) is 18.4 Å². The molecule has 0 aromatic carbocycles. The molecule has 0 aliphatic rings. The first-order valence-electron chi connectivity index (χ1n) is 5.63. The molecule has 0 fully saturated rings. The number of oxime groups is 1. The molecular weight excluding hydrogens is 313 g/mol. The van der Waals surface area contributed by atoms with Crippen LogP contribution in [-0.2, 0) is 15.6 Å². The molecule has 0 radical (unpaired) electrons. The molecule has 0 aliphatic heterocycles. The maximum atomic E-state index is 12.6. The average molecular weight is 326 g/mol. The van der Waals surface area contributed by atoms with E-state index in [1.165, 1.54) is 12.4 Å². The van der Waals surface area contributed by atoms with E-state index < -0.39 is 29.1 Å². The van der Waals surface area contributed by atoms with Crippen LogP contribution in [0.1, 0.15) is 25.1 Å². The van der Waals surface area contributed by atoms with Crippen LogP contribution in [0.5, 0.6) is 0 Å². The van der Waals surface area contributed by atoms with Crippen molar-refractivity contribution in [1.82, 2.24) is 4.98 Å². The van der Waals surface area contributed by atoms with Crippen LogP contribution in [0.15, 0.2) is 27.6 Å². The molecule has 0 amide bonds. The van der Waals surface area contributed by atoms with Gasteiger partial charge in [-0.1, -0.05) is 5.16 Å². The molecule has 0 bridgehead atoms. The summed E-state index contributed by atoms with van der Waals surface area (Å²) in [4.78, 5) is 9.45. The molecule has 0 N–H and O–H groups in total. The largest absolute Gasteiger partial charge is 0.393 e. The molecule has 1 aromatic rings. The summed E-state index contributed by atoms with van der Waals surface area (Å²) in [5.41, 5.74) is 0. The van der Waals surface area contributed by atoms with Crippen molar-refractivity contribution in [2.24, 2.45) is 5.16 Å². The Morgan fingerprint density at radius 3 is 2.85 bits per heavy atom. The Kier molecular flexibility index (Phi) is 6.86. The number of allylic oxidation sites excluding steroid dienone is 1. The highest BCUT2D eigenvalue weighted by Crippen LogP contribution is 2.19. The van der Waals surface area contributed by atoms with E-state index in [-0.39, 0.29) is 16.2 Å². The predicted octanol–water partition coefficient (Wildman–Crippen LogP) is 3.48. The monoisotopic (exact) mass is 326 g/mol. The van der Waals surface area contributed by atoms with Gasteiger partial charge in [0.2, 0.25) is 0 Å². The zero-order valence-corrected chi connectivity index (χ0v) is 12.4. The second-order valence-electron chi connectivity index (χ2n) is 3.88. The molecular formula is C11H13F3N2O2S2. The number of hydrogen-bond donors (Lipinski definition) is 0. The Morgan fingerprint density at radius 2 is 2.25 bits per heavy atom. The van der Waals surface area contributed by atoms with Gasteiger partial charge >= 0.3 is 6.08 Å². The molecule has 0 saturated heterocycles. The van der Waals surface area contributed by atoms with E-state index in [0.717, 1.165) is 11.3 Å². The van der Waals surface area contributed by atoms with Crippen molar-refractivity contribution in [3.63, 3.8) is 0 Å². The van der Waals surface area contributed by atoms with Crippen molar-refractivity contribution >= 4 is 28.4 Å². The molecule has 1 atom stereocenters. The van der Waals surface area contributed by atoms with Gasteiger partial charge in [-0.3, -0.25) is 4.21 Å². The molecule has 112 valence electrons. The second kappa shape index (κ2) is 8.15. The number of hydrogen-bond acceptors (Lipinski definition) is 5. The fourth-order valence-electron chi connectivity index (χ4n) is 1.00. The van der Waals surface area contributed by atoms with Crippen molar-refractivity contribution < 1.29 is 22.2 Å². The summed E-state index contributed by atoms with van der Waals surface area (Å²) < 4.78 is 48.2. The summed E-state index contributed by atoms with van der Waals surface area (Å²) in [6.45, 7) is 3.63. The van der Waals surface area contributed by atoms with Crippen molar-refractivity contribution in [2.75, 3.05) is 5.75 Å². The number of rotatable bonds is 7. The number of aromatic nitrogens is 1. The lowest BCUT2D eigenvalue weighted by molar-refractivity contribution is 0.0874. The lowest BCUT2D eigenvalue weighted by Crippen LogP contribution is -1.98. The second-order valence-corrected chi connectivity index (χ2v) is 6.69. The van der Waals surface area contributed by atoms with Crippen molar-refractivity contribution in [3.05, 3.63) is 23.0 Å². The molecule has 1 heterocycles. The van der Waals surface area contributed by atoms with Gasteiger partial charge in [-0.25, -0.2) is 9.37 Å². The summed E-state index contributed by atoms with van der Waals surface area (Å²) in [6, 6.07) is 0. The van der Waals surface area contributed by atoms with Gasteiger partial charge in [0.05, 0.1) is 21.9 Å². The van der Waals surface area contributed by atoms with E-state index in [1.54, 1.807) is 0 Å². The molecule has 1 unspecified atom stereocenters. The smallest absolute Gasteiger partial charge is 0.301 e. The normalized spacial score (nSPS) is 12.9. The lowest BCUT2D eigenvalue weighted by Gasteiger charge is -1.98. The number of nitrogens with zero attached hydrogens (tertiary/aromatic N) is 2.